The number of aliphatic hydroxyl groups is 1. The van der Waals surface area contributed by atoms with Gasteiger partial charge in [-0.05, 0) is 18.8 Å². The van der Waals surface area contributed by atoms with Crippen molar-refractivity contribution in [2.45, 2.75) is 24.6 Å². The number of alkyl halides is 1. The van der Waals surface area contributed by atoms with Crippen molar-refractivity contribution in [1.29, 1.82) is 0 Å². The number of hydrogen-bond donors (Lipinski definition) is 1. The van der Waals surface area contributed by atoms with Gasteiger partial charge in [0.2, 0.25) is 0 Å². The van der Waals surface area contributed by atoms with Crippen LogP contribution in [-0.2, 0) is 4.79 Å². The summed E-state index contributed by atoms with van der Waals surface area (Å²) in [5.74, 6) is 0.0863. The highest BCUT2D eigenvalue weighted by molar-refractivity contribution is 6.21. The van der Waals surface area contributed by atoms with Gasteiger partial charge < -0.3 is 9.90 Å². The molecular formula is C8H13ClO2. The van der Waals surface area contributed by atoms with Crippen LogP contribution in [0.5, 0.6) is 0 Å². The fourth-order valence-electron chi connectivity index (χ4n) is 1.62. The number of hydrogen-bond acceptors (Lipinski definition) is 2. The summed E-state index contributed by atoms with van der Waals surface area (Å²) in [6.45, 7) is 0.110. The number of halogens is 1. The first-order valence-corrected chi connectivity index (χ1v) is 4.43. The topological polar surface area (TPSA) is 37.3 Å². The van der Waals surface area contributed by atoms with Crippen molar-refractivity contribution >= 4 is 17.9 Å². The number of aldehydes is 1. The Kier molecular flexibility index (Phi) is 3.34. The Morgan fingerprint density at radius 1 is 1.55 bits per heavy atom. The second kappa shape index (κ2) is 4.07. The van der Waals surface area contributed by atoms with Gasteiger partial charge in [0.15, 0.2) is 0 Å². The molecule has 1 aliphatic rings. The van der Waals surface area contributed by atoms with E-state index in [-0.39, 0.29) is 23.8 Å². The zero-order valence-electron chi connectivity index (χ0n) is 6.37. The summed E-state index contributed by atoms with van der Waals surface area (Å²) in [5.41, 5.74) is 0. The smallest absolute Gasteiger partial charge is 0.124 e. The van der Waals surface area contributed by atoms with E-state index >= 15 is 0 Å². The summed E-state index contributed by atoms with van der Waals surface area (Å²) >= 11 is 5.96. The van der Waals surface area contributed by atoms with Crippen molar-refractivity contribution in [3.63, 3.8) is 0 Å². The SMILES string of the molecule is O=CC1CCCC(CO)C1Cl. The molecule has 1 saturated carbocycles. The normalized spacial score (nSPS) is 38.5. The summed E-state index contributed by atoms with van der Waals surface area (Å²) in [7, 11) is 0. The zero-order valence-corrected chi connectivity index (χ0v) is 7.13. The molecule has 0 aromatic carbocycles. The van der Waals surface area contributed by atoms with E-state index in [1.165, 1.54) is 0 Å². The van der Waals surface area contributed by atoms with Gasteiger partial charge in [0.1, 0.15) is 6.29 Å². The van der Waals surface area contributed by atoms with Crippen LogP contribution in [0.25, 0.3) is 0 Å². The summed E-state index contributed by atoms with van der Waals surface area (Å²) in [4.78, 5) is 10.5. The van der Waals surface area contributed by atoms with Crippen LogP contribution in [0.2, 0.25) is 0 Å². The highest BCUT2D eigenvalue weighted by atomic mass is 35.5. The third kappa shape index (κ3) is 1.94. The molecule has 0 radical (unpaired) electrons. The van der Waals surface area contributed by atoms with Crippen LogP contribution < -0.4 is 0 Å². The van der Waals surface area contributed by atoms with Gasteiger partial charge in [-0.3, -0.25) is 0 Å². The van der Waals surface area contributed by atoms with Crippen LogP contribution in [0.4, 0.5) is 0 Å². The van der Waals surface area contributed by atoms with Crippen LogP contribution in [-0.4, -0.2) is 23.4 Å². The lowest BCUT2D eigenvalue weighted by Crippen LogP contribution is -2.32. The van der Waals surface area contributed by atoms with Crippen molar-refractivity contribution in [3.05, 3.63) is 0 Å². The maximum absolute atomic E-state index is 10.5. The first kappa shape index (κ1) is 9.01. The lowest BCUT2D eigenvalue weighted by Gasteiger charge is -2.29. The predicted octanol–water partition coefficient (Wildman–Crippen LogP) is 1.20. The monoisotopic (exact) mass is 176 g/mol. The molecule has 0 aromatic rings. The van der Waals surface area contributed by atoms with Crippen molar-refractivity contribution < 1.29 is 9.90 Å². The minimum absolute atomic E-state index is 0.0393. The quantitative estimate of drug-likeness (QED) is 0.507. The fourth-order valence-corrected chi connectivity index (χ4v) is 2.01. The lowest BCUT2D eigenvalue weighted by atomic mass is 9.82. The predicted molar refractivity (Wildman–Crippen MR) is 43.6 cm³/mol. The second-order valence-corrected chi connectivity index (χ2v) is 3.62. The van der Waals surface area contributed by atoms with Gasteiger partial charge in [0.25, 0.3) is 0 Å². The molecule has 0 spiro atoms. The summed E-state index contributed by atoms with van der Waals surface area (Å²) in [6.07, 6.45) is 3.76. The number of rotatable bonds is 2. The van der Waals surface area contributed by atoms with Gasteiger partial charge in [-0.2, -0.15) is 0 Å². The van der Waals surface area contributed by atoms with Crippen LogP contribution in [0, 0.1) is 11.8 Å². The fraction of sp³-hybridized carbons (Fsp3) is 0.875. The number of carbonyl (C=O) groups is 1. The van der Waals surface area contributed by atoms with E-state index in [4.69, 9.17) is 16.7 Å². The van der Waals surface area contributed by atoms with Crippen molar-refractivity contribution in [3.8, 4) is 0 Å². The molecule has 1 rings (SSSR count). The molecular weight excluding hydrogens is 164 g/mol. The van der Waals surface area contributed by atoms with E-state index in [1.54, 1.807) is 0 Å². The molecule has 0 aliphatic heterocycles. The Bertz CT molecular complexity index is 138. The molecule has 3 atom stereocenters. The van der Waals surface area contributed by atoms with E-state index in [2.05, 4.69) is 0 Å². The largest absolute Gasteiger partial charge is 0.396 e. The maximum atomic E-state index is 10.5. The molecule has 11 heavy (non-hydrogen) atoms. The first-order valence-electron chi connectivity index (χ1n) is 3.99. The molecule has 0 amide bonds. The van der Waals surface area contributed by atoms with Gasteiger partial charge in [-0.25, -0.2) is 0 Å². The molecule has 0 aromatic heterocycles. The van der Waals surface area contributed by atoms with E-state index in [0.717, 1.165) is 25.5 Å². The molecule has 3 heteroatoms. The van der Waals surface area contributed by atoms with E-state index in [0.29, 0.717) is 0 Å². The summed E-state index contributed by atoms with van der Waals surface area (Å²) in [5, 5.41) is 8.73. The molecule has 1 fully saturated rings. The Morgan fingerprint density at radius 3 is 2.82 bits per heavy atom. The van der Waals surface area contributed by atoms with Crippen molar-refractivity contribution in [2.75, 3.05) is 6.61 Å². The number of carbonyl (C=O) groups excluding carboxylic acids is 1. The third-order valence-corrected chi connectivity index (χ3v) is 3.06. The van der Waals surface area contributed by atoms with Gasteiger partial charge in [-0.1, -0.05) is 6.42 Å². The Hall–Kier alpha value is -0.0800. The minimum atomic E-state index is -0.147. The minimum Gasteiger partial charge on any atom is -0.396 e. The Labute approximate surface area is 71.5 Å². The Balaban J connectivity index is 2.51. The Morgan fingerprint density at radius 2 is 2.27 bits per heavy atom. The van der Waals surface area contributed by atoms with Gasteiger partial charge in [-0.15, -0.1) is 11.6 Å². The molecule has 3 unspecified atom stereocenters. The molecule has 0 saturated heterocycles. The average molecular weight is 177 g/mol. The van der Waals surface area contributed by atoms with Crippen LogP contribution >= 0.6 is 11.6 Å². The molecule has 1 aliphatic carbocycles. The second-order valence-electron chi connectivity index (χ2n) is 3.12. The zero-order chi connectivity index (χ0) is 8.27. The number of aliphatic hydroxyl groups excluding tert-OH is 1. The van der Waals surface area contributed by atoms with Gasteiger partial charge >= 0.3 is 0 Å². The van der Waals surface area contributed by atoms with Gasteiger partial charge in [0, 0.05) is 17.9 Å². The maximum Gasteiger partial charge on any atom is 0.124 e. The molecule has 1 N–H and O–H groups in total. The van der Waals surface area contributed by atoms with E-state index in [9.17, 15) is 4.79 Å². The van der Waals surface area contributed by atoms with Crippen LogP contribution in [0.15, 0.2) is 0 Å². The van der Waals surface area contributed by atoms with Crippen molar-refractivity contribution in [2.24, 2.45) is 11.8 Å². The van der Waals surface area contributed by atoms with Gasteiger partial charge in [0.05, 0.1) is 0 Å². The highest BCUT2D eigenvalue weighted by Gasteiger charge is 2.30. The summed E-state index contributed by atoms with van der Waals surface area (Å²) in [6, 6.07) is 0. The van der Waals surface area contributed by atoms with Crippen LogP contribution in [0.1, 0.15) is 19.3 Å². The first-order chi connectivity index (χ1) is 5.29. The molecule has 0 bridgehead atoms. The average Bonchev–Trinajstić information content (AvgIpc) is 2.05. The van der Waals surface area contributed by atoms with E-state index in [1.807, 2.05) is 0 Å². The standard InChI is InChI=1S/C8H13ClO2/c9-8-6(4-10)2-1-3-7(8)5-11/h4,6-8,11H,1-3,5H2. The highest BCUT2D eigenvalue weighted by Crippen LogP contribution is 2.31. The van der Waals surface area contributed by atoms with Crippen molar-refractivity contribution in [1.82, 2.24) is 0 Å². The lowest BCUT2D eigenvalue weighted by molar-refractivity contribution is -0.112. The van der Waals surface area contributed by atoms with Crippen LogP contribution in [0.3, 0.4) is 0 Å². The van der Waals surface area contributed by atoms with E-state index < -0.39 is 0 Å². The third-order valence-electron chi connectivity index (χ3n) is 2.38. The molecule has 64 valence electrons. The molecule has 0 heterocycles. The summed E-state index contributed by atoms with van der Waals surface area (Å²) < 4.78 is 0. The molecule has 2 nitrogen and oxygen atoms in total.